The minimum Gasteiger partial charge on any atom is -0.330 e. The summed E-state index contributed by atoms with van der Waals surface area (Å²) in [7, 11) is 0. The number of carbonyl (C=O) groups excluding carboxylic acids is 1. The Morgan fingerprint density at radius 1 is 1.39 bits per heavy atom. The van der Waals surface area contributed by atoms with Crippen molar-refractivity contribution in [3.63, 3.8) is 0 Å². The number of nitrogens with two attached hydrogens (primary N) is 1. The number of benzene rings is 1. The normalized spacial score (nSPS) is 23.1. The van der Waals surface area contributed by atoms with Crippen LogP contribution in [0.5, 0.6) is 0 Å². The van der Waals surface area contributed by atoms with Gasteiger partial charge in [0.1, 0.15) is 0 Å². The first-order valence-corrected chi connectivity index (χ1v) is 7.66. The molecule has 0 radical (unpaired) electrons. The molecule has 0 spiro atoms. The van der Waals surface area contributed by atoms with Gasteiger partial charge in [-0.25, -0.2) is 0 Å². The molecule has 0 saturated heterocycles. The quantitative estimate of drug-likeness (QED) is 0.848. The number of carbonyl (C=O) groups is 1. The third-order valence-electron chi connectivity index (χ3n) is 3.49. The molecule has 3 N–H and O–H groups in total. The second kappa shape index (κ2) is 6.17. The van der Waals surface area contributed by atoms with Gasteiger partial charge in [-0.15, -0.1) is 0 Å². The van der Waals surface area contributed by atoms with E-state index in [0.29, 0.717) is 12.5 Å². The second-order valence-electron chi connectivity index (χ2n) is 4.65. The molecular formula is C13H16Br2N2O. The van der Waals surface area contributed by atoms with Crippen LogP contribution >= 0.6 is 31.9 Å². The summed E-state index contributed by atoms with van der Waals surface area (Å²) in [6.07, 6.45) is 3.11. The first-order valence-electron chi connectivity index (χ1n) is 6.08. The fourth-order valence-electron chi connectivity index (χ4n) is 2.48. The predicted octanol–water partition coefficient (Wildman–Crippen LogP) is 3.53. The molecule has 1 saturated carbocycles. The van der Waals surface area contributed by atoms with Gasteiger partial charge in [-0.3, -0.25) is 4.79 Å². The Balaban J connectivity index is 2.07. The lowest BCUT2D eigenvalue weighted by molar-refractivity contribution is -0.120. The zero-order valence-electron chi connectivity index (χ0n) is 9.96. The van der Waals surface area contributed by atoms with Crippen molar-refractivity contribution < 1.29 is 4.79 Å². The van der Waals surface area contributed by atoms with Crippen molar-refractivity contribution in [2.45, 2.75) is 19.3 Å². The minimum atomic E-state index is 0.0607. The predicted molar refractivity (Wildman–Crippen MR) is 80.4 cm³/mol. The van der Waals surface area contributed by atoms with E-state index >= 15 is 0 Å². The summed E-state index contributed by atoms with van der Waals surface area (Å²) in [6.45, 7) is 0.597. The topological polar surface area (TPSA) is 55.1 Å². The zero-order valence-corrected chi connectivity index (χ0v) is 13.1. The number of nitrogens with one attached hydrogen (secondary N) is 1. The van der Waals surface area contributed by atoms with Gasteiger partial charge < -0.3 is 11.1 Å². The summed E-state index contributed by atoms with van der Waals surface area (Å²) in [5, 5.41) is 2.98. The Hall–Kier alpha value is -0.390. The van der Waals surface area contributed by atoms with Gasteiger partial charge in [-0.05, 0) is 59.4 Å². The van der Waals surface area contributed by atoms with Gasteiger partial charge in [0.05, 0.1) is 5.69 Å². The first kappa shape index (κ1) is 14.0. The number of halogens is 2. The molecule has 18 heavy (non-hydrogen) atoms. The second-order valence-corrected chi connectivity index (χ2v) is 6.42. The van der Waals surface area contributed by atoms with Crippen molar-refractivity contribution >= 4 is 43.5 Å². The number of rotatable bonds is 3. The zero-order chi connectivity index (χ0) is 13.1. The van der Waals surface area contributed by atoms with Gasteiger partial charge in [0.25, 0.3) is 0 Å². The van der Waals surface area contributed by atoms with Crippen molar-refractivity contribution in [1.82, 2.24) is 0 Å². The van der Waals surface area contributed by atoms with E-state index in [1.54, 1.807) is 0 Å². The summed E-state index contributed by atoms with van der Waals surface area (Å²) in [5.74, 6) is 0.482. The molecule has 1 fully saturated rings. The van der Waals surface area contributed by atoms with Crippen LogP contribution in [0.4, 0.5) is 5.69 Å². The summed E-state index contributed by atoms with van der Waals surface area (Å²) in [4.78, 5) is 12.2. The number of hydrogen-bond acceptors (Lipinski definition) is 2. The third-order valence-corrected chi connectivity index (χ3v) is 4.64. The molecule has 2 unspecified atom stereocenters. The van der Waals surface area contributed by atoms with Crippen LogP contribution in [0.15, 0.2) is 27.1 Å². The van der Waals surface area contributed by atoms with Crippen LogP contribution in [-0.4, -0.2) is 12.5 Å². The fourth-order valence-corrected chi connectivity index (χ4v) is 3.63. The van der Waals surface area contributed by atoms with E-state index in [9.17, 15) is 4.79 Å². The fraction of sp³-hybridized carbons (Fsp3) is 0.462. The van der Waals surface area contributed by atoms with Crippen LogP contribution in [0.1, 0.15) is 19.3 Å². The molecule has 0 heterocycles. The summed E-state index contributed by atoms with van der Waals surface area (Å²) < 4.78 is 1.86. The Morgan fingerprint density at radius 3 is 2.83 bits per heavy atom. The number of anilines is 1. The van der Waals surface area contributed by atoms with Crippen LogP contribution < -0.4 is 11.1 Å². The molecule has 2 rings (SSSR count). The van der Waals surface area contributed by atoms with Gasteiger partial charge in [-0.1, -0.05) is 22.4 Å². The van der Waals surface area contributed by atoms with Crippen molar-refractivity contribution in [2.75, 3.05) is 11.9 Å². The van der Waals surface area contributed by atoms with E-state index in [0.717, 1.165) is 33.9 Å². The highest BCUT2D eigenvalue weighted by molar-refractivity contribution is 9.11. The van der Waals surface area contributed by atoms with Crippen molar-refractivity contribution in [3.8, 4) is 0 Å². The Morgan fingerprint density at radius 2 is 2.17 bits per heavy atom. The highest BCUT2D eigenvalue weighted by Gasteiger charge is 2.32. The Bertz CT molecular complexity index is 451. The molecule has 0 aromatic heterocycles. The first-order chi connectivity index (χ1) is 8.61. The maximum absolute atomic E-state index is 12.2. The third kappa shape index (κ3) is 3.13. The Kier molecular flexibility index (Phi) is 4.81. The van der Waals surface area contributed by atoms with Crippen molar-refractivity contribution in [2.24, 2.45) is 17.6 Å². The Labute approximate surface area is 124 Å². The lowest BCUT2D eigenvalue weighted by Gasteiger charge is -2.18. The molecule has 3 nitrogen and oxygen atoms in total. The van der Waals surface area contributed by atoms with E-state index in [4.69, 9.17) is 5.73 Å². The van der Waals surface area contributed by atoms with Crippen LogP contribution in [0, 0.1) is 11.8 Å². The maximum Gasteiger partial charge on any atom is 0.227 e. The molecule has 1 amide bonds. The van der Waals surface area contributed by atoms with E-state index in [1.165, 1.54) is 0 Å². The highest BCUT2D eigenvalue weighted by atomic mass is 79.9. The lowest BCUT2D eigenvalue weighted by Crippen LogP contribution is -2.29. The van der Waals surface area contributed by atoms with Gasteiger partial charge in [0.2, 0.25) is 5.91 Å². The molecule has 1 aromatic carbocycles. The minimum absolute atomic E-state index is 0.0607. The molecule has 5 heteroatoms. The SMILES string of the molecule is NCC1CCCC1C(=O)Nc1ccc(Br)cc1Br. The molecule has 0 aliphatic heterocycles. The molecule has 2 atom stereocenters. The van der Waals surface area contributed by atoms with Gasteiger partial charge in [0, 0.05) is 14.9 Å². The lowest BCUT2D eigenvalue weighted by atomic mass is 9.95. The summed E-state index contributed by atoms with van der Waals surface area (Å²) in [6, 6.07) is 5.72. The molecular weight excluding hydrogens is 360 g/mol. The van der Waals surface area contributed by atoms with Gasteiger partial charge in [-0.2, -0.15) is 0 Å². The molecule has 1 aliphatic rings. The van der Waals surface area contributed by atoms with Crippen molar-refractivity contribution in [3.05, 3.63) is 27.1 Å². The largest absolute Gasteiger partial charge is 0.330 e. The number of hydrogen-bond donors (Lipinski definition) is 2. The number of amides is 1. The van der Waals surface area contributed by atoms with E-state index in [2.05, 4.69) is 37.2 Å². The van der Waals surface area contributed by atoms with Gasteiger partial charge in [0.15, 0.2) is 0 Å². The molecule has 0 bridgehead atoms. The van der Waals surface area contributed by atoms with Crippen molar-refractivity contribution in [1.29, 1.82) is 0 Å². The highest BCUT2D eigenvalue weighted by Crippen LogP contribution is 2.33. The van der Waals surface area contributed by atoms with Crippen LogP contribution in [0.25, 0.3) is 0 Å². The summed E-state index contributed by atoms with van der Waals surface area (Å²) in [5.41, 5.74) is 6.52. The standard InChI is InChI=1S/C13H16Br2N2O/c14-9-4-5-12(11(15)6-9)17-13(18)10-3-1-2-8(10)7-16/h4-6,8,10H,1-3,7,16H2,(H,17,18). The molecule has 1 aliphatic carbocycles. The maximum atomic E-state index is 12.2. The van der Waals surface area contributed by atoms with Crippen LogP contribution in [0.2, 0.25) is 0 Å². The van der Waals surface area contributed by atoms with Gasteiger partial charge >= 0.3 is 0 Å². The average Bonchev–Trinajstić information content (AvgIpc) is 2.81. The smallest absolute Gasteiger partial charge is 0.227 e. The van der Waals surface area contributed by atoms with Crippen LogP contribution in [-0.2, 0) is 4.79 Å². The van der Waals surface area contributed by atoms with Crippen LogP contribution in [0.3, 0.4) is 0 Å². The van der Waals surface area contributed by atoms with E-state index in [-0.39, 0.29) is 11.8 Å². The van der Waals surface area contributed by atoms with E-state index < -0.39 is 0 Å². The monoisotopic (exact) mass is 374 g/mol. The average molecular weight is 376 g/mol. The molecule has 98 valence electrons. The summed E-state index contributed by atoms with van der Waals surface area (Å²) >= 11 is 6.84. The van der Waals surface area contributed by atoms with E-state index in [1.807, 2.05) is 18.2 Å². The molecule has 1 aromatic rings.